The SMILES string of the molecule is C=CCN(CCC)C(=O)[C@@H]1[C@H]2C(=O)N([C@H](C)CO)C(C(=O)N(CC=C)c3ccc4ccccc4c3)C23CC[C@@]1(CC)O3. The van der Waals surface area contributed by atoms with Crippen LogP contribution in [0.2, 0.25) is 0 Å². The predicted octanol–water partition coefficient (Wildman–Crippen LogP) is 4.32. The molecule has 6 atom stereocenters. The molecule has 42 heavy (non-hydrogen) atoms. The highest BCUT2D eigenvalue weighted by Gasteiger charge is 2.79. The van der Waals surface area contributed by atoms with E-state index in [-0.39, 0.29) is 30.9 Å². The van der Waals surface area contributed by atoms with E-state index in [1.54, 1.807) is 28.9 Å². The fraction of sp³-hybridized carbons (Fsp3) is 0.500. The van der Waals surface area contributed by atoms with E-state index in [0.717, 1.165) is 17.2 Å². The minimum Gasteiger partial charge on any atom is -0.394 e. The van der Waals surface area contributed by atoms with Gasteiger partial charge in [-0.2, -0.15) is 0 Å². The Hall–Kier alpha value is -3.49. The maximum absolute atomic E-state index is 14.8. The maximum atomic E-state index is 14.8. The number of aliphatic hydroxyl groups is 1. The number of amides is 3. The van der Waals surface area contributed by atoms with Crippen molar-refractivity contribution in [2.75, 3.05) is 31.1 Å². The first-order valence-corrected chi connectivity index (χ1v) is 15.2. The number of likely N-dealkylation sites (tertiary alicyclic amines) is 1. The van der Waals surface area contributed by atoms with Gasteiger partial charge < -0.3 is 24.5 Å². The number of rotatable bonds is 12. The molecule has 0 aliphatic carbocycles. The predicted molar refractivity (Wildman–Crippen MR) is 164 cm³/mol. The summed E-state index contributed by atoms with van der Waals surface area (Å²) in [7, 11) is 0. The quantitative estimate of drug-likeness (QED) is 0.382. The second-order valence-electron chi connectivity index (χ2n) is 12.0. The zero-order chi connectivity index (χ0) is 30.2. The van der Waals surface area contributed by atoms with Crippen molar-refractivity contribution in [3.63, 3.8) is 0 Å². The average Bonchev–Trinajstić information content (AvgIpc) is 3.62. The Kier molecular flexibility index (Phi) is 8.32. The summed E-state index contributed by atoms with van der Waals surface area (Å²) in [4.78, 5) is 48.4. The van der Waals surface area contributed by atoms with Crippen molar-refractivity contribution in [1.82, 2.24) is 9.80 Å². The van der Waals surface area contributed by atoms with Crippen molar-refractivity contribution in [3.8, 4) is 0 Å². The smallest absolute Gasteiger partial charge is 0.253 e. The van der Waals surface area contributed by atoms with Crippen LogP contribution in [0.1, 0.15) is 46.5 Å². The Labute approximate surface area is 248 Å². The lowest BCUT2D eigenvalue weighted by Gasteiger charge is -2.38. The Balaban J connectivity index is 1.62. The van der Waals surface area contributed by atoms with E-state index in [1.165, 1.54) is 4.90 Å². The number of benzene rings is 2. The summed E-state index contributed by atoms with van der Waals surface area (Å²) < 4.78 is 6.93. The molecule has 3 fully saturated rings. The molecule has 2 unspecified atom stereocenters. The first-order chi connectivity index (χ1) is 20.2. The number of anilines is 1. The van der Waals surface area contributed by atoms with Crippen LogP contribution in [0, 0.1) is 11.8 Å². The molecular weight excluding hydrogens is 530 g/mol. The van der Waals surface area contributed by atoms with Crippen LogP contribution in [-0.2, 0) is 19.1 Å². The second kappa shape index (κ2) is 11.7. The molecule has 3 aliphatic rings. The fourth-order valence-corrected chi connectivity index (χ4v) is 7.73. The molecule has 1 N–H and O–H groups in total. The van der Waals surface area contributed by atoms with Crippen molar-refractivity contribution < 1.29 is 24.2 Å². The third kappa shape index (κ3) is 4.47. The molecule has 3 amide bonds. The number of ether oxygens (including phenoxy) is 1. The topological polar surface area (TPSA) is 90.4 Å². The molecule has 0 aromatic heterocycles. The molecule has 2 aromatic carbocycles. The van der Waals surface area contributed by atoms with Crippen LogP contribution in [0.15, 0.2) is 67.8 Å². The van der Waals surface area contributed by atoms with Crippen molar-refractivity contribution in [3.05, 3.63) is 67.8 Å². The molecule has 224 valence electrons. The maximum Gasteiger partial charge on any atom is 0.253 e. The lowest BCUT2D eigenvalue weighted by atomic mass is 9.64. The summed E-state index contributed by atoms with van der Waals surface area (Å²) in [6.07, 6.45) is 5.77. The van der Waals surface area contributed by atoms with Crippen LogP contribution in [-0.4, -0.2) is 82.2 Å². The monoisotopic (exact) mass is 573 g/mol. The number of hydrogen-bond donors (Lipinski definition) is 1. The largest absolute Gasteiger partial charge is 0.394 e. The van der Waals surface area contributed by atoms with Gasteiger partial charge in [0.1, 0.15) is 11.6 Å². The molecule has 5 rings (SSSR count). The van der Waals surface area contributed by atoms with E-state index in [4.69, 9.17) is 4.74 Å². The average molecular weight is 574 g/mol. The Morgan fingerprint density at radius 2 is 1.81 bits per heavy atom. The molecule has 0 saturated carbocycles. The summed E-state index contributed by atoms with van der Waals surface area (Å²) in [5, 5.41) is 12.3. The van der Waals surface area contributed by atoms with Crippen LogP contribution in [0.25, 0.3) is 10.8 Å². The highest BCUT2D eigenvalue weighted by atomic mass is 16.5. The van der Waals surface area contributed by atoms with Gasteiger partial charge in [-0.25, -0.2) is 0 Å². The zero-order valence-electron chi connectivity index (χ0n) is 25.0. The van der Waals surface area contributed by atoms with Crippen molar-refractivity contribution >= 4 is 34.2 Å². The Morgan fingerprint density at radius 3 is 2.45 bits per heavy atom. The summed E-state index contributed by atoms with van der Waals surface area (Å²) in [5.74, 6) is -2.24. The molecule has 0 radical (unpaired) electrons. The van der Waals surface area contributed by atoms with Gasteiger partial charge in [0, 0.05) is 25.3 Å². The second-order valence-corrected chi connectivity index (χ2v) is 12.0. The lowest BCUT2D eigenvalue weighted by Crippen LogP contribution is -2.58. The summed E-state index contributed by atoms with van der Waals surface area (Å²) in [6.45, 7) is 14.3. The molecule has 3 saturated heterocycles. The number of hydrogen-bond acceptors (Lipinski definition) is 5. The minimum atomic E-state index is -1.17. The Morgan fingerprint density at radius 1 is 1.10 bits per heavy atom. The van der Waals surface area contributed by atoms with Crippen LogP contribution in [0.4, 0.5) is 5.69 Å². The Bertz CT molecular complexity index is 1390. The molecule has 2 bridgehead atoms. The van der Waals surface area contributed by atoms with E-state index in [2.05, 4.69) is 13.2 Å². The third-order valence-corrected chi connectivity index (χ3v) is 9.63. The number of carbonyl (C=O) groups excluding carboxylic acids is 3. The lowest BCUT2D eigenvalue weighted by molar-refractivity contribution is -0.153. The molecule has 2 aromatic rings. The van der Waals surface area contributed by atoms with Gasteiger partial charge in [-0.3, -0.25) is 14.4 Å². The standard InChI is InChI=1S/C34H43N3O5/c1-6-18-35(19-7-2)30(39)27-28-31(40)37(23(5)22-38)29(34(28)17-16-33(27,9-4)42-34)32(41)36(20-8-3)26-15-14-24-12-10-11-13-25(24)21-26/h6,8,10-15,21,23,27-29,38H,1,3,7,9,16-20,22H2,2,4-5H3/t23-,27+,28+,29?,33-,34?/m1/s1. The van der Waals surface area contributed by atoms with Gasteiger partial charge in [0.15, 0.2) is 0 Å². The van der Waals surface area contributed by atoms with Gasteiger partial charge in [-0.05, 0) is 55.5 Å². The van der Waals surface area contributed by atoms with Crippen molar-refractivity contribution in [2.45, 2.75) is 69.7 Å². The van der Waals surface area contributed by atoms with Gasteiger partial charge in [-0.1, -0.05) is 56.3 Å². The first-order valence-electron chi connectivity index (χ1n) is 15.2. The van der Waals surface area contributed by atoms with Crippen LogP contribution < -0.4 is 4.90 Å². The number of aliphatic hydroxyl groups excluding tert-OH is 1. The van der Waals surface area contributed by atoms with Crippen molar-refractivity contribution in [1.29, 1.82) is 0 Å². The van der Waals surface area contributed by atoms with Gasteiger partial charge in [-0.15, -0.1) is 13.2 Å². The molecule has 1 spiro atoms. The molecule has 3 heterocycles. The summed E-state index contributed by atoms with van der Waals surface area (Å²) in [6, 6.07) is 12.2. The number of nitrogens with zero attached hydrogens (tertiary/aromatic N) is 3. The van der Waals surface area contributed by atoms with E-state index >= 15 is 0 Å². The van der Waals surface area contributed by atoms with Gasteiger partial charge >= 0.3 is 0 Å². The van der Waals surface area contributed by atoms with E-state index in [0.29, 0.717) is 38.0 Å². The van der Waals surface area contributed by atoms with E-state index in [9.17, 15) is 19.5 Å². The number of carbonyl (C=O) groups is 3. The molecule has 8 nitrogen and oxygen atoms in total. The van der Waals surface area contributed by atoms with E-state index in [1.807, 2.05) is 56.3 Å². The molecule has 8 heteroatoms. The minimum absolute atomic E-state index is 0.124. The highest BCUT2D eigenvalue weighted by molar-refractivity contribution is 6.06. The van der Waals surface area contributed by atoms with Crippen LogP contribution in [0.3, 0.4) is 0 Å². The van der Waals surface area contributed by atoms with Gasteiger partial charge in [0.05, 0.1) is 30.1 Å². The van der Waals surface area contributed by atoms with E-state index < -0.39 is 35.1 Å². The van der Waals surface area contributed by atoms with Crippen LogP contribution >= 0.6 is 0 Å². The highest BCUT2D eigenvalue weighted by Crippen LogP contribution is 2.65. The summed E-state index contributed by atoms with van der Waals surface area (Å²) >= 11 is 0. The first kappa shape index (κ1) is 30.0. The normalized spacial score (nSPS) is 28.5. The molecule has 3 aliphatic heterocycles. The number of fused-ring (bicyclic) bond motifs is 2. The van der Waals surface area contributed by atoms with Gasteiger partial charge in [0.2, 0.25) is 11.8 Å². The molecular formula is C34H43N3O5. The van der Waals surface area contributed by atoms with Crippen molar-refractivity contribution in [2.24, 2.45) is 11.8 Å². The fourth-order valence-electron chi connectivity index (χ4n) is 7.73. The van der Waals surface area contributed by atoms with Crippen LogP contribution in [0.5, 0.6) is 0 Å². The van der Waals surface area contributed by atoms with Gasteiger partial charge in [0.25, 0.3) is 5.91 Å². The third-order valence-electron chi connectivity index (χ3n) is 9.63. The zero-order valence-corrected chi connectivity index (χ0v) is 25.0. The summed E-state index contributed by atoms with van der Waals surface area (Å²) in [5.41, 5.74) is -1.31.